The zero-order valence-electron chi connectivity index (χ0n) is 9.83. The normalized spacial score (nSPS) is 10.9. The second-order valence-corrected chi connectivity index (χ2v) is 4.46. The van der Waals surface area contributed by atoms with Crippen LogP contribution < -0.4 is 0 Å². The van der Waals surface area contributed by atoms with Crippen LogP contribution in [0.4, 0.5) is 0 Å². The van der Waals surface area contributed by atoms with Crippen molar-refractivity contribution in [1.82, 2.24) is 4.98 Å². The Bertz CT molecular complexity index is 632. The summed E-state index contributed by atoms with van der Waals surface area (Å²) in [5.74, 6) is 0. The first-order valence-electron chi connectivity index (χ1n) is 5.85. The van der Waals surface area contributed by atoms with Crippen LogP contribution in [0.5, 0.6) is 0 Å². The highest BCUT2D eigenvalue weighted by molar-refractivity contribution is 5.82. The fourth-order valence-corrected chi connectivity index (χ4v) is 2.15. The third-order valence-electron chi connectivity index (χ3n) is 3.12. The lowest BCUT2D eigenvalue weighted by molar-refractivity contribution is 1.19. The van der Waals surface area contributed by atoms with E-state index in [2.05, 4.69) is 60.6 Å². The molecule has 0 aliphatic rings. The molecule has 1 radical (unpaired) electrons. The van der Waals surface area contributed by atoms with E-state index in [1.807, 2.05) is 6.07 Å². The van der Waals surface area contributed by atoms with Gasteiger partial charge in [-0.05, 0) is 30.5 Å². The minimum atomic E-state index is 0.964. The van der Waals surface area contributed by atoms with Gasteiger partial charge in [0.2, 0.25) is 0 Å². The van der Waals surface area contributed by atoms with Crippen LogP contribution in [0.15, 0.2) is 48.5 Å². The third kappa shape index (κ3) is 1.96. The van der Waals surface area contributed by atoms with Crippen LogP contribution in [0.2, 0.25) is 0 Å². The number of fused-ring (bicyclic) bond motifs is 1. The minimum absolute atomic E-state index is 0.964. The second kappa shape index (κ2) is 4.10. The molecule has 3 aromatic rings. The van der Waals surface area contributed by atoms with Crippen molar-refractivity contribution < 1.29 is 0 Å². The van der Waals surface area contributed by atoms with E-state index < -0.39 is 0 Å². The molecule has 83 valence electrons. The largest absolute Gasteiger partial charge is 0.353 e. The predicted octanol–water partition coefficient (Wildman–Crippen LogP) is 3.87. The van der Waals surface area contributed by atoms with Crippen molar-refractivity contribution in [2.24, 2.45) is 0 Å². The molecule has 0 amide bonds. The molecule has 0 saturated heterocycles. The van der Waals surface area contributed by atoms with Crippen LogP contribution in [0.1, 0.15) is 16.7 Å². The Balaban J connectivity index is 1.99. The molecule has 0 unspecified atom stereocenters. The Kier molecular flexibility index (Phi) is 2.45. The zero-order valence-corrected chi connectivity index (χ0v) is 9.83. The van der Waals surface area contributed by atoms with Crippen LogP contribution in [0.25, 0.3) is 10.9 Å². The number of aryl methyl sites for hydroxylation is 1. The lowest BCUT2D eigenvalue weighted by Crippen LogP contribution is -1.89. The topological polar surface area (TPSA) is 15.8 Å². The molecule has 17 heavy (non-hydrogen) atoms. The van der Waals surface area contributed by atoms with Gasteiger partial charge in [-0.1, -0.05) is 48.0 Å². The van der Waals surface area contributed by atoms with Crippen molar-refractivity contribution in [1.29, 1.82) is 0 Å². The number of aromatic amines is 1. The van der Waals surface area contributed by atoms with Crippen LogP contribution >= 0.6 is 0 Å². The lowest BCUT2D eigenvalue weighted by atomic mass is 10.0. The molecule has 1 nitrogen and oxygen atoms in total. The molecule has 3 rings (SSSR count). The number of benzene rings is 2. The third-order valence-corrected chi connectivity index (χ3v) is 3.12. The minimum Gasteiger partial charge on any atom is -0.353 e. The van der Waals surface area contributed by atoms with Gasteiger partial charge in [0.1, 0.15) is 0 Å². The van der Waals surface area contributed by atoms with E-state index in [1.165, 1.54) is 27.6 Å². The summed E-state index contributed by atoms with van der Waals surface area (Å²) in [6.45, 7) is 2.12. The standard InChI is InChI=1S/C16H14N/c1-12-5-7-13(8-6-12)11-15-4-2-3-14-9-10-17-16(14)15/h2-9,17H,11H2,1H3. The summed E-state index contributed by atoms with van der Waals surface area (Å²) in [6, 6.07) is 17.1. The number of hydrogen-bond donors (Lipinski definition) is 1. The maximum Gasteiger partial charge on any atom is 0.0630 e. The van der Waals surface area contributed by atoms with Crippen molar-refractivity contribution in [2.75, 3.05) is 0 Å². The van der Waals surface area contributed by atoms with Crippen LogP contribution in [0, 0.1) is 13.1 Å². The van der Waals surface area contributed by atoms with Gasteiger partial charge in [-0.2, -0.15) is 0 Å². The Hall–Kier alpha value is -2.02. The van der Waals surface area contributed by atoms with Gasteiger partial charge in [0, 0.05) is 10.9 Å². The van der Waals surface area contributed by atoms with Crippen molar-refractivity contribution in [2.45, 2.75) is 13.3 Å². The number of nitrogens with one attached hydrogen (secondary N) is 1. The Morgan fingerprint density at radius 2 is 1.88 bits per heavy atom. The zero-order chi connectivity index (χ0) is 11.7. The summed E-state index contributed by atoms with van der Waals surface area (Å²) in [5.41, 5.74) is 5.18. The molecule has 1 N–H and O–H groups in total. The maximum absolute atomic E-state index is 3.19. The lowest BCUT2D eigenvalue weighted by Gasteiger charge is -2.04. The van der Waals surface area contributed by atoms with Gasteiger partial charge in [0.05, 0.1) is 6.20 Å². The van der Waals surface area contributed by atoms with Crippen molar-refractivity contribution in [3.8, 4) is 0 Å². The summed E-state index contributed by atoms with van der Waals surface area (Å²) in [5, 5.41) is 1.23. The van der Waals surface area contributed by atoms with Gasteiger partial charge in [-0.3, -0.25) is 0 Å². The van der Waals surface area contributed by atoms with Crippen LogP contribution in [-0.4, -0.2) is 4.98 Å². The summed E-state index contributed by atoms with van der Waals surface area (Å²) >= 11 is 0. The average Bonchev–Trinajstić information content (AvgIpc) is 2.81. The van der Waals surface area contributed by atoms with Crippen molar-refractivity contribution in [3.05, 3.63) is 71.4 Å². The Labute approximate surface area is 101 Å². The van der Waals surface area contributed by atoms with E-state index in [0.717, 1.165) is 6.42 Å². The molecule has 0 bridgehead atoms. The molecule has 0 atom stereocenters. The monoisotopic (exact) mass is 220 g/mol. The molecule has 2 aromatic carbocycles. The van der Waals surface area contributed by atoms with E-state index in [9.17, 15) is 0 Å². The number of para-hydroxylation sites is 1. The first kappa shape index (κ1) is 10.2. The van der Waals surface area contributed by atoms with Gasteiger partial charge < -0.3 is 4.98 Å². The van der Waals surface area contributed by atoms with Crippen LogP contribution in [0.3, 0.4) is 0 Å². The molecule has 1 aromatic heterocycles. The Morgan fingerprint density at radius 1 is 1.06 bits per heavy atom. The fourth-order valence-electron chi connectivity index (χ4n) is 2.15. The molecular weight excluding hydrogens is 206 g/mol. The highest BCUT2D eigenvalue weighted by atomic mass is 14.7. The molecule has 1 heterocycles. The van der Waals surface area contributed by atoms with E-state index >= 15 is 0 Å². The van der Waals surface area contributed by atoms with E-state index in [0.29, 0.717) is 0 Å². The van der Waals surface area contributed by atoms with Crippen molar-refractivity contribution in [3.63, 3.8) is 0 Å². The first-order valence-corrected chi connectivity index (χ1v) is 5.85. The molecule has 0 saturated carbocycles. The summed E-state index contributed by atoms with van der Waals surface area (Å²) in [4.78, 5) is 3.19. The molecule has 0 fully saturated rings. The SMILES string of the molecule is Cc1ccc(Cc2cccc3c[c][nH]c23)cc1. The van der Waals surface area contributed by atoms with Gasteiger partial charge in [-0.15, -0.1) is 0 Å². The molecule has 0 aliphatic carbocycles. The number of rotatable bonds is 2. The summed E-state index contributed by atoms with van der Waals surface area (Å²) < 4.78 is 0. The second-order valence-electron chi connectivity index (χ2n) is 4.46. The number of hydrogen-bond acceptors (Lipinski definition) is 0. The molecule has 0 spiro atoms. The van der Waals surface area contributed by atoms with E-state index in [-0.39, 0.29) is 0 Å². The fraction of sp³-hybridized carbons (Fsp3) is 0.125. The van der Waals surface area contributed by atoms with Gasteiger partial charge in [-0.25, -0.2) is 0 Å². The molecule has 1 heteroatoms. The highest BCUT2D eigenvalue weighted by Gasteiger charge is 2.02. The number of aromatic nitrogens is 1. The van der Waals surface area contributed by atoms with Gasteiger partial charge in [0.15, 0.2) is 0 Å². The van der Waals surface area contributed by atoms with E-state index in [1.54, 1.807) is 0 Å². The quantitative estimate of drug-likeness (QED) is 0.675. The highest BCUT2D eigenvalue weighted by Crippen LogP contribution is 2.19. The average molecular weight is 220 g/mol. The number of H-pyrrole nitrogens is 1. The van der Waals surface area contributed by atoms with Gasteiger partial charge in [0.25, 0.3) is 0 Å². The van der Waals surface area contributed by atoms with Crippen molar-refractivity contribution >= 4 is 10.9 Å². The summed E-state index contributed by atoms with van der Waals surface area (Å²) in [7, 11) is 0. The van der Waals surface area contributed by atoms with Gasteiger partial charge >= 0.3 is 0 Å². The first-order chi connectivity index (χ1) is 8.33. The summed E-state index contributed by atoms with van der Waals surface area (Å²) in [6.07, 6.45) is 4.01. The molecular formula is C16H14N. The Morgan fingerprint density at radius 3 is 2.71 bits per heavy atom. The predicted molar refractivity (Wildman–Crippen MR) is 71.1 cm³/mol. The smallest absolute Gasteiger partial charge is 0.0630 e. The maximum atomic E-state index is 3.19. The van der Waals surface area contributed by atoms with E-state index in [4.69, 9.17) is 0 Å². The molecule has 0 aliphatic heterocycles. The van der Waals surface area contributed by atoms with Crippen LogP contribution in [-0.2, 0) is 6.42 Å².